The molecule has 3 heteroatoms. The van der Waals surface area contributed by atoms with Crippen molar-refractivity contribution in [3.05, 3.63) is 29.6 Å². The zero-order chi connectivity index (χ0) is 16.2. The van der Waals surface area contributed by atoms with E-state index in [2.05, 4.69) is 39.5 Å². The van der Waals surface area contributed by atoms with Gasteiger partial charge in [-0.3, -0.25) is 0 Å². The van der Waals surface area contributed by atoms with Crippen LogP contribution in [0.2, 0.25) is 0 Å². The van der Waals surface area contributed by atoms with Gasteiger partial charge in [-0.1, -0.05) is 53.3 Å². The first kappa shape index (κ1) is 18.1. The summed E-state index contributed by atoms with van der Waals surface area (Å²) in [6.45, 7) is 13.7. The van der Waals surface area contributed by atoms with E-state index in [1.165, 1.54) is 6.07 Å². The third-order valence-electron chi connectivity index (χ3n) is 4.12. The Morgan fingerprint density at radius 2 is 1.95 bits per heavy atom. The molecule has 0 heterocycles. The molecule has 1 rings (SSSR count). The topological polar surface area (TPSA) is 3.24 Å². The SMILES string of the molecule is CCCCN(C(=S)C(C)C(C)(C)C)c1ccc(F)c(C)c1. The maximum Gasteiger partial charge on any atom is 0.126 e. The van der Waals surface area contributed by atoms with E-state index in [-0.39, 0.29) is 17.2 Å². The fourth-order valence-electron chi connectivity index (χ4n) is 2.08. The first-order valence-electron chi connectivity index (χ1n) is 7.76. The zero-order valence-corrected chi connectivity index (χ0v) is 15.0. The number of halogens is 1. The molecule has 118 valence electrons. The number of aryl methyl sites for hydroxylation is 1. The Bertz CT molecular complexity index is 490. The van der Waals surface area contributed by atoms with Crippen molar-refractivity contribution in [2.24, 2.45) is 11.3 Å². The Labute approximate surface area is 134 Å². The first-order valence-corrected chi connectivity index (χ1v) is 8.16. The highest BCUT2D eigenvalue weighted by Gasteiger charge is 2.27. The highest BCUT2D eigenvalue weighted by Crippen LogP contribution is 2.30. The third kappa shape index (κ3) is 4.77. The Hall–Kier alpha value is -0.960. The van der Waals surface area contributed by atoms with Gasteiger partial charge in [0.1, 0.15) is 5.82 Å². The van der Waals surface area contributed by atoms with Gasteiger partial charge in [-0.15, -0.1) is 0 Å². The van der Waals surface area contributed by atoms with Crippen molar-refractivity contribution < 1.29 is 4.39 Å². The number of unbranched alkanes of at least 4 members (excludes halogenated alkanes) is 1. The van der Waals surface area contributed by atoms with Crippen LogP contribution in [0.5, 0.6) is 0 Å². The molecule has 0 N–H and O–H groups in total. The standard InChI is InChI=1S/C18H28FNS/c1-7-8-11-20(17(21)14(3)18(4,5)6)15-9-10-16(19)13(2)12-15/h9-10,12,14H,7-8,11H2,1-6H3. The number of anilines is 1. The van der Waals surface area contributed by atoms with Gasteiger partial charge in [0.15, 0.2) is 0 Å². The molecule has 0 aromatic heterocycles. The quantitative estimate of drug-likeness (QED) is 0.637. The van der Waals surface area contributed by atoms with E-state index in [1.54, 1.807) is 6.92 Å². The summed E-state index contributed by atoms with van der Waals surface area (Å²) in [6, 6.07) is 5.26. The number of nitrogens with zero attached hydrogens (tertiary/aromatic N) is 1. The third-order valence-corrected chi connectivity index (χ3v) is 4.70. The lowest BCUT2D eigenvalue weighted by atomic mass is 9.81. The lowest BCUT2D eigenvalue weighted by Gasteiger charge is -2.35. The molecule has 0 aliphatic heterocycles. The summed E-state index contributed by atoms with van der Waals surface area (Å²) < 4.78 is 13.5. The number of hydrogen-bond donors (Lipinski definition) is 0. The highest BCUT2D eigenvalue weighted by atomic mass is 32.1. The molecule has 1 atom stereocenters. The predicted molar refractivity (Wildman–Crippen MR) is 94.6 cm³/mol. The average Bonchev–Trinajstić information content (AvgIpc) is 2.40. The lowest BCUT2D eigenvalue weighted by Crippen LogP contribution is -2.39. The van der Waals surface area contributed by atoms with E-state index in [9.17, 15) is 4.39 Å². The second-order valence-corrected chi connectivity index (χ2v) is 7.28. The molecule has 0 saturated heterocycles. The molecule has 0 radical (unpaired) electrons. The Morgan fingerprint density at radius 1 is 1.33 bits per heavy atom. The van der Waals surface area contributed by atoms with Gasteiger partial charge in [0.2, 0.25) is 0 Å². The van der Waals surface area contributed by atoms with Crippen LogP contribution < -0.4 is 4.90 Å². The minimum atomic E-state index is -0.163. The van der Waals surface area contributed by atoms with Gasteiger partial charge < -0.3 is 4.90 Å². The van der Waals surface area contributed by atoms with Crippen LogP contribution in [-0.4, -0.2) is 11.5 Å². The van der Waals surface area contributed by atoms with Crippen LogP contribution in [0.4, 0.5) is 10.1 Å². The molecule has 0 bridgehead atoms. The predicted octanol–water partition coefficient (Wildman–Crippen LogP) is 5.75. The van der Waals surface area contributed by atoms with Crippen LogP contribution in [0.1, 0.15) is 53.0 Å². The second-order valence-electron chi connectivity index (χ2n) is 6.86. The number of benzene rings is 1. The molecule has 0 spiro atoms. The van der Waals surface area contributed by atoms with Crippen molar-refractivity contribution >= 4 is 22.9 Å². The summed E-state index contributed by atoms with van der Waals surface area (Å²) >= 11 is 5.75. The van der Waals surface area contributed by atoms with E-state index in [0.29, 0.717) is 5.56 Å². The summed E-state index contributed by atoms with van der Waals surface area (Å²) in [5.41, 5.74) is 1.79. The molecule has 1 aromatic rings. The van der Waals surface area contributed by atoms with Gasteiger partial charge in [0, 0.05) is 18.2 Å². The number of hydrogen-bond acceptors (Lipinski definition) is 1. The van der Waals surface area contributed by atoms with Crippen LogP contribution in [0.15, 0.2) is 18.2 Å². The number of rotatable bonds is 5. The van der Waals surface area contributed by atoms with E-state index < -0.39 is 0 Å². The smallest absolute Gasteiger partial charge is 0.126 e. The van der Waals surface area contributed by atoms with Gasteiger partial charge >= 0.3 is 0 Å². The van der Waals surface area contributed by atoms with Crippen molar-refractivity contribution in [3.8, 4) is 0 Å². The Kier molecular flexibility index (Phi) is 6.33. The second kappa shape index (κ2) is 7.35. The van der Waals surface area contributed by atoms with Crippen LogP contribution in [-0.2, 0) is 0 Å². The lowest BCUT2D eigenvalue weighted by molar-refractivity contribution is 0.333. The van der Waals surface area contributed by atoms with Gasteiger partial charge in [-0.2, -0.15) is 0 Å². The summed E-state index contributed by atoms with van der Waals surface area (Å²) in [6.07, 6.45) is 2.19. The minimum absolute atomic E-state index is 0.122. The molecule has 1 nitrogen and oxygen atoms in total. The van der Waals surface area contributed by atoms with Crippen LogP contribution in [0, 0.1) is 24.1 Å². The molecule has 0 amide bonds. The summed E-state index contributed by atoms with van der Waals surface area (Å²) in [4.78, 5) is 3.13. The van der Waals surface area contributed by atoms with Crippen LogP contribution >= 0.6 is 12.2 Å². The van der Waals surface area contributed by atoms with Crippen molar-refractivity contribution in [2.45, 2.75) is 54.4 Å². The van der Waals surface area contributed by atoms with Crippen molar-refractivity contribution in [2.75, 3.05) is 11.4 Å². The van der Waals surface area contributed by atoms with Gasteiger partial charge in [0.25, 0.3) is 0 Å². The fraction of sp³-hybridized carbons (Fsp3) is 0.611. The molecule has 1 aromatic carbocycles. The summed E-state index contributed by atoms with van der Waals surface area (Å²) in [5.74, 6) is 0.124. The minimum Gasteiger partial charge on any atom is -0.336 e. The molecule has 1 unspecified atom stereocenters. The van der Waals surface area contributed by atoms with Crippen molar-refractivity contribution in [1.29, 1.82) is 0 Å². The number of thiocarbonyl (C=S) groups is 1. The Morgan fingerprint density at radius 3 is 2.43 bits per heavy atom. The molecule has 0 aliphatic carbocycles. The monoisotopic (exact) mass is 309 g/mol. The van der Waals surface area contributed by atoms with E-state index in [4.69, 9.17) is 12.2 Å². The normalized spacial score (nSPS) is 13.1. The van der Waals surface area contributed by atoms with E-state index >= 15 is 0 Å². The van der Waals surface area contributed by atoms with Crippen molar-refractivity contribution in [1.82, 2.24) is 0 Å². The van der Waals surface area contributed by atoms with Crippen molar-refractivity contribution in [3.63, 3.8) is 0 Å². The summed E-state index contributed by atoms with van der Waals surface area (Å²) in [5, 5.41) is 0. The molecular weight excluding hydrogens is 281 g/mol. The van der Waals surface area contributed by atoms with Gasteiger partial charge in [-0.25, -0.2) is 4.39 Å². The maximum atomic E-state index is 13.5. The molecule has 0 aliphatic rings. The molecular formula is C18H28FNS. The van der Waals surface area contributed by atoms with Gasteiger partial charge in [-0.05, 0) is 42.5 Å². The molecule has 0 saturated carbocycles. The zero-order valence-electron chi connectivity index (χ0n) is 14.2. The Balaban J connectivity index is 3.10. The van der Waals surface area contributed by atoms with Gasteiger partial charge in [0.05, 0.1) is 4.99 Å². The van der Waals surface area contributed by atoms with E-state index in [0.717, 1.165) is 30.1 Å². The largest absolute Gasteiger partial charge is 0.336 e. The maximum absolute atomic E-state index is 13.5. The van der Waals surface area contributed by atoms with Crippen LogP contribution in [0.3, 0.4) is 0 Å². The average molecular weight is 309 g/mol. The fourth-order valence-corrected chi connectivity index (χ4v) is 2.63. The van der Waals surface area contributed by atoms with Crippen LogP contribution in [0.25, 0.3) is 0 Å². The highest BCUT2D eigenvalue weighted by molar-refractivity contribution is 7.80. The molecule has 21 heavy (non-hydrogen) atoms. The van der Waals surface area contributed by atoms with E-state index in [1.807, 2.05) is 12.1 Å². The first-order chi connectivity index (χ1) is 9.68. The summed E-state index contributed by atoms with van der Waals surface area (Å²) in [7, 11) is 0. The molecule has 0 fully saturated rings.